The van der Waals surface area contributed by atoms with E-state index in [1.807, 2.05) is 6.07 Å². The highest BCUT2D eigenvalue weighted by Crippen LogP contribution is 2.34. The van der Waals surface area contributed by atoms with Crippen molar-refractivity contribution < 1.29 is 10.0 Å². The van der Waals surface area contributed by atoms with Crippen molar-refractivity contribution >= 4 is 23.1 Å². The van der Waals surface area contributed by atoms with Crippen LogP contribution in [-0.2, 0) is 12.8 Å². The van der Waals surface area contributed by atoms with Crippen LogP contribution in [0.2, 0.25) is 0 Å². The maximum Gasteiger partial charge on any atom is 0.261 e. The van der Waals surface area contributed by atoms with Crippen LogP contribution in [0.1, 0.15) is 45.8 Å². The molecule has 1 saturated carbocycles. The standard InChI is InChI=1S/C14H19N3O2S/c15-13(17-19)12(8-5-6-8)16-14(18)11-7-9-3-1-2-4-10(9)20-11/h7-8,12,19H,1-6H2,(H2,15,17)(H,16,18). The van der Waals surface area contributed by atoms with E-state index in [2.05, 4.69) is 10.5 Å². The van der Waals surface area contributed by atoms with Gasteiger partial charge >= 0.3 is 0 Å². The van der Waals surface area contributed by atoms with E-state index < -0.39 is 0 Å². The van der Waals surface area contributed by atoms with Gasteiger partial charge in [0.2, 0.25) is 0 Å². The minimum Gasteiger partial charge on any atom is -0.409 e. The maximum absolute atomic E-state index is 12.3. The number of hydrogen-bond acceptors (Lipinski definition) is 4. The van der Waals surface area contributed by atoms with E-state index in [-0.39, 0.29) is 17.8 Å². The van der Waals surface area contributed by atoms with Gasteiger partial charge in [0.25, 0.3) is 5.91 Å². The van der Waals surface area contributed by atoms with Crippen LogP contribution >= 0.6 is 11.3 Å². The molecule has 4 N–H and O–H groups in total. The Balaban J connectivity index is 1.73. The predicted molar refractivity (Wildman–Crippen MR) is 78.3 cm³/mol. The fourth-order valence-corrected chi connectivity index (χ4v) is 3.90. The van der Waals surface area contributed by atoms with E-state index in [9.17, 15) is 4.79 Å². The van der Waals surface area contributed by atoms with E-state index in [1.165, 1.54) is 23.3 Å². The van der Waals surface area contributed by atoms with Crippen molar-refractivity contribution in [2.24, 2.45) is 16.8 Å². The molecule has 6 heteroatoms. The molecular formula is C14H19N3O2S. The third kappa shape index (κ3) is 2.65. The van der Waals surface area contributed by atoms with E-state index in [0.717, 1.165) is 30.6 Å². The van der Waals surface area contributed by atoms with Crippen molar-refractivity contribution in [1.29, 1.82) is 0 Å². The molecule has 0 aliphatic heterocycles. The Morgan fingerprint density at radius 1 is 1.45 bits per heavy atom. The Morgan fingerprint density at radius 2 is 2.20 bits per heavy atom. The number of hydrogen-bond donors (Lipinski definition) is 3. The number of amides is 1. The van der Waals surface area contributed by atoms with Crippen LogP contribution in [0.4, 0.5) is 0 Å². The summed E-state index contributed by atoms with van der Waals surface area (Å²) in [5.41, 5.74) is 6.99. The van der Waals surface area contributed by atoms with Gasteiger partial charge in [-0.05, 0) is 56.1 Å². The summed E-state index contributed by atoms with van der Waals surface area (Å²) in [6.07, 6.45) is 6.61. The van der Waals surface area contributed by atoms with Crippen molar-refractivity contribution in [1.82, 2.24) is 5.32 Å². The van der Waals surface area contributed by atoms with Crippen LogP contribution in [0.3, 0.4) is 0 Å². The molecule has 2 aliphatic rings. The number of nitrogens with one attached hydrogen (secondary N) is 1. The number of rotatable bonds is 4. The highest BCUT2D eigenvalue weighted by Gasteiger charge is 2.35. The number of thiophene rings is 1. The van der Waals surface area contributed by atoms with Crippen molar-refractivity contribution in [3.63, 3.8) is 0 Å². The molecule has 5 nitrogen and oxygen atoms in total. The molecule has 1 atom stereocenters. The number of oxime groups is 1. The highest BCUT2D eigenvalue weighted by molar-refractivity contribution is 7.14. The van der Waals surface area contributed by atoms with Gasteiger partial charge in [0.15, 0.2) is 5.84 Å². The Bertz CT molecular complexity index is 525. The lowest BCUT2D eigenvalue weighted by atomic mass is 9.99. The third-order valence-corrected chi connectivity index (χ3v) is 5.27. The molecule has 0 aromatic carbocycles. The molecule has 1 unspecified atom stereocenters. The van der Waals surface area contributed by atoms with Gasteiger partial charge < -0.3 is 16.3 Å². The van der Waals surface area contributed by atoms with Gasteiger partial charge in [0, 0.05) is 4.88 Å². The fraction of sp³-hybridized carbons (Fsp3) is 0.571. The van der Waals surface area contributed by atoms with E-state index >= 15 is 0 Å². The van der Waals surface area contributed by atoms with E-state index in [4.69, 9.17) is 10.9 Å². The topological polar surface area (TPSA) is 87.7 Å². The molecule has 1 amide bonds. The normalized spacial score (nSPS) is 20.3. The fourth-order valence-electron chi connectivity index (χ4n) is 2.74. The Hall–Kier alpha value is -1.56. The van der Waals surface area contributed by atoms with Crippen LogP contribution in [0, 0.1) is 5.92 Å². The largest absolute Gasteiger partial charge is 0.409 e. The average molecular weight is 293 g/mol. The van der Waals surface area contributed by atoms with Gasteiger partial charge in [-0.15, -0.1) is 11.3 Å². The molecule has 0 saturated heterocycles. The van der Waals surface area contributed by atoms with Crippen LogP contribution in [0.25, 0.3) is 0 Å². The average Bonchev–Trinajstić information content (AvgIpc) is 3.21. The summed E-state index contributed by atoms with van der Waals surface area (Å²) < 4.78 is 0. The van der Waals surface area contributed by atoms with E-state index in [1.54, 1.807) is 11.3 Å². The molecular weight excluding hydrogens is 274 g/mol. The molecule has 0 spiro atoms. The molecule has 20 heavy (non-hydrogen) atoms. The lowest BCUT2D eigenvalue weighted by Gasteiger charge is -2.15. The van der Waals surface area contributed by atoms with Gasteiger partial charge in [-0.2, -0.15) is 0 Å². The van der Waals surface area contributed by atoms with Crippen molar-refractivity contribution in [3.05, 3.63) is 21.4 Å². The van der Waals surface area contributed by atoms with Gasteiger partial charge in [0.05, 0.1) is 10.9 Å². The molecule has 2 aliphatic carbocycles. The molecule has 0 radical (unpaired) electrons. The summed E-state index contributed by atoms with van der Waals surface area (Å²) in [6, 6.07) is 1.66. The van der Waals surface area contributed by atoms with Gasteiger partial charge in [-0.3, -0.25) is 4.79 Å². The van der Waals surface area contributed by atoms with Crippen molar-refractivity contribution in [2.45, 2.75) is 44.6 Å². The zero-order valence-electron chi connectivity index (χ0n) is 11.3. The first-order valence-corrected chi connectivity index (χ1v) is 7.90. The summed E-state index contributed by atoms with van der Waals surface area (Å²) >= 11 is 1.58. The molecule has 3 rings (SSSR count). The SMILES string of the molecule is NC(=NO)C(NC(=O)c1cc2c(s1)CCCC2)C1CC1. The first-order valence-electron chi connectivity index (χ1n) is 7.09. The lowest BCUT2D eigenvalue weighted by Crippen LogP contribution is -2.45. The smallest absolute Gasteiger partial charge is 0.261 e. The number of nitrogens with two attached hydrogens (primary N) is 1. The Morgan fingerprint density at radius 3 is 2.85 bits per heavy atom. The summed E-state index contributed by atoms with van der Waals surface area (Å²) in [4.78, 5) is 14.4. The zero-order chi connectivity index (χ0) is 14.1. The second-order valence-electron chi connectivity index (χ2n) is 5.58. The second kappa shape index (κ2) is 5.44. The van der Waals surface area contributed by atoms with E-state index in [0.29, 0.717) is 5.92 Å². The minimum absolute atomic E-state index is 0.0992. The first-order chi connectivity index (χ1) is 9.69. The minimum atomic E-state index is -0.341. The third-order valence-electron chi connectivity index (χ3n) is 4.03. The second-order valence-corrected chi connectivity index (χ2v) is 6.72. The quantitative estimate of drug-likeness (QED) is 0.343. The van der Waals surface area contributed by atoms with Gasteiger partial charge in [0.1, 0.15) is 0 Å². The Labute approximate surface area is 121 Å². The number of nitrogens with zero attached hydrogens (tertiary/aromatic N) is 1. The lowest BCUT2D eigenvalue weighted by molar-refractivity contribution is 0.0947. The monoisotopic (exact) mass is 293 g/mol. The van der Waals surface area contributed by atoms with Crippen LogP contribution in [0.5, 0.6) is 0 Å². The zero-order valence-corrected chi connectivity index (χ0v) is 12.1. The number of aryl methyl sites for hydroxylation is 2. The van der Waals surface area contributed by atoms with Crippen molar-refractivity contribution in [3.8, 4) is 0 Å². The van der Waals surface area contributed by atoms with Crippen LogP contribution in [0.15, 0.2) is 11.2 Å². The molecule has 1 aromatic rings. The number of carbonyl (C=O) groups excluding carboxylic acids is 1. The molecule has 1 fully saturated rings. The summed E-state index contributed by atoms with van der Waals surface area (Å²) in [5, 5.41) is 14.8. The van der Waals surface area contributed by atoms with Crippen LogP contribution in [-0.4, -0.2) is 23.0 Å². The number of carbonyl (C=O) groups is 1. The summed E-state index contributed by atoms with van der Waals surface area (Å²) in [5.74, 6) is 0.305. The Kier molecular flexibility index (Phi) is 3.65. The van der Waals surface area contributed by atoms with Gasteiger partial charge in [-0.25, -0.2) is 0 Å². The van der Waals surface area contributed by atoms with Gasteiger partial charge in [-0.1, -0.05) is 5.16 Å². The first kappa shape index (κ1) is 13.4. The number of amidine groups is 1. The highest BCUT2D eigenvalue weighted by atomic mass is 32.1. The molecule has 1 heterocycles. The summed E-state index contributed by atoms with van der Waals surface area (Å²) in [6.45, 7) is 0. The maximum atomic E-state index is 12.3. The molecule has 108 valence electrons. The molecule has 0 bridgehead atoms. The van der Waals surface area contributed by atoms with Crippen molar-refractivity contribution in [2.75, 3.05) is 0 Å². The summed E-state index contributed by atoms with van der Waals surface area (Å²) in [7, 11) is 0. The predicted octanol–water partition coefficient (Wildman–Crippen LogP) is 1.88. The molecule has 1 aromatic heterocycles. The van der Waals surface area contributed by atoms with Crippen LogP contribution < -0.4 is 11.1 Å². The number of fused-ring (bicyclic) bond motifs is 1.